The van der Waals surface area contributed by atoms with Crippen LogP contribution >= 0.6 is 0 Å². The van der Waals surface area contributed by atoms with Gasteiger partial charge in [-0.2, -0.15) is 0 Å². The number of carbonyl (C=O) groups is 1. The lowest BCUT2D eigenvalue weighted by Crippen LogP contribution is -2.61. The number of hydrogen-bond acceptors (Lipinski definition) is 3. The molecule has 4 nitrogen and oxygen atoms in total. The van der Waals surface area contributed by atoms with Gasteiger partial charge in [-0.05, 0) is 24.6 Å². The monoisotopic (exact) mass is 266 g/mol. The summed E-state index contributed by atoms with van der Waals surface area (Å²) in [5.41, 5.74) is -0.0994. The molecular weight excluding hydrogens is 247 g/mol. The van der Waals surface area contributed by atoms with Crippen LogP contribution in [-0.2, 0) is 4.79 Å². The van der Waals surface area contributed by atoms with Gasteiger partial charge in [0.05, 0.1) is 5.60 Å². The van der Waals surface area contributed by atoms with Crippen LogP contribution < -0.4 is 5.32 Å². The Balaban J connectivity index is 1.71. The molecule has 1 fully saturated rings. The van der Waals surface area contributed by atoms with Crippen molar-refractivity contribution in [3.63, 3.8) is 0 Å². The van der Waals surface area contributed by atoms with E-state index in [-0.39, 0.29) is 11.7 Å². The van der Waals surface area contributed by atoms with Crippen LogP contribution in [0.15, 0.2) is 24.3 Å². The fourth-order valence-electron chi connectivity index (χ4n) is 2.22. The summed E-state index contributed by atoms with van der Waals surface area (Å²) >= 11 is 0. The van der Waals surface area contributed by atoms with Crippen LogP contribution in [0, 0.1) is 5.82 Å². The molecular formula is C14H19FN2O2. The molecule has 5 heteroatoms. The van der Waals surface area contributed by atoms with Crippen molar-refractivity contribution in [2.24, 2.45) is 0 Å². The third-order valence-electron chi connectivity index (χ3n) is 3.46. The van der Waals surface area contributed by atoms with Crippen molar-refractivity contribution in [3.05, 3.63) is 30.1 Å². The van der Waals surface area contributed by atoms with Gasteiger partial charge in [0.2, 0.25) is 5.91 Å². The average Bonchev–Trinajstić information content (AvgIpc) is 2.33. The molecule has 1 aromatic carbocycles. The maximum Gasteiger partial charge on any atom is 0.225 e. The van der Waals surface area contributed by atoms with Gasteiger partial charge in [-0.15, -0.1) is 0 Å². The summed E-state index contributed by atoms with van der Waals surface area (Å²) in [4.78, 5) is 13.7. The quantitative estimate of drug-likeness (QED) is 0.851. The Labute approximate surface area is 112 Å². The van der Waals surface area contributed by atoms with E-state index >= 15 is 0 Å². The van der Waals surface area contributed by atoms with Crippen molar-refractivity contribution >= 4 is 11.6 Å². The van der Waals surface area contributed by atoms with E-state index < -0.39 is 5.60 Å². The molecule has 0 radical (unpaired) electrons. The van der Waals surface area contributed by atoms with Crippen LogP contribution in [0.25, 0.3) is 0 Å². The lowest BCUT2D eigenvalue weighted by Gasteiger charge is -2.46. The van der Waals surface area contributed by atoms with E-state index in [1.165, 1.54) is 12.1 Å². The SMILES string of the molecule is CCC1(O)CN(CCC(=O)Nc2cccc(F)c2)C1. The van der Waals surface area contributed by atoms with Gasteiger partial charge in [-0.25, -0.2) is 4.39 Å². The van der Waals surface area contributed by atoms with Crippen molar-refractivity contribution in [1.29, 1.82) is 0 Å². The molecule has 0 spiro atoms. The molecule has 1 amide bonds. The van der Waals surface area contributed by atoms with Gasteiger partial charge < -0.3 is 10.4 Å². The van der Waals surface area contributed by atoms with Crippen LogP contribution in [0.4, 0.5) is 10.1 Å². The van der Waals surface area contributed by atoms with Crippen molar-refractivity contribution in [2.45, 2.75) is 25.4 Å². The number of benzene rings is 1. The number of amides is 1. The van der Waals surface area contributed by atoms with Crippen molar-refractivity contribution in [1.82, 2.24) is 4.90 Å². The molecule has 0 saturated carbocycles. The van der Waals surface area contributed by atoms with Crippen LogP contribution in [0.2, 0.25) is 0 Å². The van der Waals surface area contributed by atoms with Gasteiger partial charge in [-0.3, -0.25) is 9.69 Å². The Hall–Kier alpha value is -1.46. The predicted octanol–water partition coefficient (Wildman–Crippen LogP) is 1.61. The highest BCUT2D eigenvalue weighted by molar-refractivity contribution is 5.90. The van der Waals surface area contributed by atoms with Gasteiger partial charge in [0.25, 0.3) is 0 Å². The van der Waals surface area contributed by atoms with Gasteiger partial charge >= 0.3 is 0 Å². The summed E-state index contributed by atoms with van der Waals surface area (Å²) in [6.45, 7) is 3.81. The summed E-state index contributed by atoms with van der Waals surface area (Å²) in [7, 11) is 0. The van der Waals surface area contributed by atoms with E-state index in [2.05, 4.69) is 5.32 Å². The standard InChI is InChI=1S/C14H19FN2O2/c1-2-14(19)9-17(10-14)7-6-13(18)16-12-5-3-4-11(15)8-12/h3-5,8,19H,2,6-7,9-10H2,1H3,(H,16,18). The fourth-order valence-corrected chi connectivity index (χ4v) is 2.22. The number of carbonyl (C=O) groups excluding carboxylic acids is 1. The highest BCUT2D eigenvalue weighted by Gasteiger charge is 2.38. The van der Waals surface area contributed by atoms with Gasteiger partial charge in [0.1, 0.15) is 5.82 Å². The second-order valence-electron chi connectivity index (χ2n) is 5.10. The Morgan fingerprint density at radius 1 is 1.53 bits per heavy atom. The van der Waals surface area contributed by atoms with Crippen LogP contribution in [0.1, 0.15) is 19.8 Å². The number of aliphatic hydroxyl groups is 1. The molecule has 0 atom stereocenters. The topological polar surface area (TPSA) is 52.6 Å². The van der Waals surface area contributed by atoms with Crippen molar-refractivity contribution in [2.75, 3.05) is 25.0 Å². The molecule has 0 aromatic heterocycles. The molecule has 104 valence electrons. The summed E-state index contributed by atoms with van der Waals surface area (Å²) in [5.74, 6) is -0.508. The minimum absolute atomic E-state index is 0.141. The summed E-state index contributed by atoms with van der Waals surface area (Å²) in [5, 5.41) is 12.5. The Bertz CT molecular complexity index is 459. The normalized spacial score (nSPS) is 17.8. The first-order valence-electron chi connectivity index (χ1n) is 6.51. The molecule has 1 aliphatic rings. The first-order chi connectivity index (χ1) is 9.00. The highest BCUT2D eigenvalue weighted by atomic mass is 19.1. The van der Waals surface area contributed by atoms with Crippen LogP contribution in [-0.4, -0.2) is 41.1 Å². The predicted molar refractivity (Wildman–Crippen MR) is 71.3 cm³/mol. The molecule has 1 saturated heterocycles. The number of halogens is 1. The van der Waals surface area contributed by atoms with Gasteiger partial charge in [0, 0.05) is 31.7 Å². The number of hydrogen-bond donors (Lipinski definition) is 2. The molecule has 1 aromatic rings. The first kappa shape index (κ1) is 14.0. The third-order valence-corrected chi connectivity index (χ3v) is 3.46. The first-order valence-corrected chi connectivity index (χ1v) is 6.51. The third kappa shape index (κ3) is 3.75. The fraction of sp³-hybridized carbons (Fsp3) is 0.500. The summed E-state index contributed by atoms with van der Waals surface area (Å²) in [6.07, 6.45) is 1.08. The van der Waals surface area contributed by atoms with E-state index in [1.807, 2.05) is 11.8 Å². The number of nitrogens with zero attached hydrogens (tertiary/aromatic N) is 1. The molecule has 19 heavy (non-hydrogen) atoms. The van der Waals surface area contributed by atoms with Gasteiger partial charge in [-0.1, -0.05) is 13.0 Å². The Kier molecular flexibility index (Phi) is 4.17. The highest BCUT2D eigenvalue weighted by Crippen LogP contribution is 2.23. The maximum atomic E-state index is 12.9. The molecule has 0 aliphatic carbocycles. The lowest BCUT2D eigenvalue weighted by atomic mass is 9.91. The Morgan fingerprint density at radius 2 is 2.26 bits per heavy atom. The van der Waals surface area contributed by atoms with E-state index in [0.717, 1.165) is 6.42 Å². The number of anilines is 1. The molecule has 2 N–H and O–H groups in total. The molecule has 2 rings (SSSR count). The largest absolute Gasteiger partial charge is 0.387 e. The minimum atomic E-state index is -0.570. The second kappa shape index (κ2) is 5.67. The molecule has 1 aliphatic heterocycles. The van der Waals surface area contributed by atoms with Crippen LogP contribution in [0.5, 0.6) is 0 Å². The molecule has 1 heterocycles. The van der Waals surface area contributed by atoms with Crippen molar-refractivity contribution < 1.29 is 14.3 Å². The lowest BCUT2D eigenvalue weighted by molar-refractivity contribution is -0.121. The number of rotatable bonds is 5. The smallest absolute Gasteiger partial charge is 0.225 e. The number of likely N-dealkylation sites (tertiary alicyclic amines) is 1. The number of β-amino-alcohol motifs (C(OH)–C–C–N with tert-alkyl or cyclic N) is 1. The second-order valence-corrected chi connectivity index (χ2v) is 5.10. The molecule has 0 unspecified atom stereocenters. The summed E-state index contributed by atoms with van der Waals surface area (Å²) < 4.78 is 12.9. The zero-order valence-electron chi connectivity index (χ0n) is 11.0. The maximum absolute atomic E-state index is 12.9. The zero-order valence-corrected chi connectivity index (χ0v) is 11.0. The van der Waals surface area contributed by atoms with Crippen LogP contribution in [0.3, 0.4) is 0 Å². The average molecular weight is 266 g/mol. The van der Waals surface area contributed by atoms with E-state index in [9.17, 15) is 14.3 Å². The minimum Gasteiger partial charge on any atom is -0.387 e. The van der Waals surface area contributed by atoms with E-state index in [0.29, 0.717) is 31.7 Å². The van der Waals surface area contributed by atoms with E-state index in [4.69, 9.17) is 0 Å². The number of nitrogens with one attached hydrogen (secondary N) is 1. The van der Waals surface area contributed by atoms with E-state index in [1.54, 1.807) is 12.1 Å². The Morgan fingerprint density at radius 3 is 2.89 bits per heavy atom. The zero-order chi connectivity index (χ0) is 13.9. The van der Waals surface area contributed by atoms with Gasteiger partial charge in [0.15, 0.2) is 0 Å². The molecule has 0 bridgehead atoms. The van der Waals surface area contributed by atoms with Crippen molar-refractivity contribution in [3.8, 4) is 0 Å². The summed E-state index contributed by atoms with van der Waals surface area (Å²) in [6, 6.07) is 5.83.